The molecule has 1 aromatic heterocycles. The highest BCUT2D eigenvalue weighted by molar-refractivity contribution is 5.96. The van der Waals surface area contributed by atoms with Gasteiger partial charge in [-0.2, -0.15) is 0 Å². The third kappa shape index (κ3) is 5.42. The Bertz CT molecular complexity index is 3720. The number of fused-ring (bicyclic) bond motifs is 10. The summed E-state index contributed by atoms with van der Waals surface area (Å²) in [5, 5.41) is 12.2. The van der Waals surface area contributed by atoms with Crippen molar-refractivity contribution in [2.75, 3.05) is 0 Å². The molecule has 2 heteroatoms. The van der Waals surface area contributed by atoms with E-state index in [1.54, 1.807) is 0 Å². The molecular weight excluding hydrogens is 729 g/mol. The number of benzene rings is 10. The fraction of sp³-hybridized carbons (Fsp3) is 0.0345. The Labute approximate surface area is 346 Å². The van der Waals surface area contributed by atoms with Crippen LogP contribution in [0.2, 0.25) is 0 Å². The van der Waals surface area contributed by atoms with Crippen LogP contribution in [-0.2, 0) is 0 Å². The maximum Gasteiger partial charge on any atom is 0.135 e. The standard InChI is InChI=1S/C58H36O2/c1-3-7-39-25-41(15-9-35(39)5-1)43-17-11-37-13-19-45(29-49(37)27-43)47-21-23-55-51(31-47)53-33-54-52-32-48(22-24-56(52)60-58(54)34-57(53)59-55)46-20-14-38-12-18-44(28-50(38)30-46)42-16-10-36-6-2-4-8-40(36)26-42/h1-34,53,57H. The van der Waals surface area contributed by atoms with Crippen molar-refractivity contribution in [1.82, 2.24) is 0 Å². The number of furan rings is 1. The van der Waals surface area contributed by atoms with Gasteiger partial charge in [-0.15, -0.1) is 0 Å². The molecule has 1 aliphatic heterocycles. The Balaban J connectivity index is 0.841. The van der Waals surface area contributed by atoms with Gasteiger partial charge in [0.2, 0.25) is 0 Å². The van der Waals surface area contributed by atoms with Gasteiger partial charge in [0.05, 0.1) is 0 Å². The molecule has 0 radical (unpaired) electrons. The smallest absolute Gasteiger partial charge is 0.135 e. The van der Waals surface area contributed by atoms with Gasteiger partial charge in [-0.1, -0.05) is 140 Å². The lowest BCUT2D eigenvalue weighted by atomic mass is 9.89. The Morgan fingerprint density at radius 1 is 0.333 bits per heavy atom. The average molecular weight is 765 g/mol. The second kappa shape index (κ2) is 12.9. The topological polar surface area (TPSA) is 22.4 Å². The van der Waals surface area contributed by atoms with Gasteiger partial charge >= 0.3 is 0 Å². The van der Waals surface area contributed by atoms with Crippen LogP contribution in [0.1, 0.15) is 11.5 Å². The van der Waals surface area contributed by atoms with Crippen LogP contribution in [0.4, 0.5) is 0 Å². The maximum absolute atomic E-state index is 6.57. The van der Waals surface area contributed by atoms with E-state index in [9.17, 15) is 0 Å². The highest BCUT2D eigenvalue weighted by Crippen LogP contribution is 2.43. The molecule has 60 heavy (non-hydrogen) atoms. The summed E-state index contributed by atoms with van der Waals surface area (Å²) in [6.45, 7) is 0. The minimum Gasteiger partial charge on any atom is -0.485 e. The largest absolute Gasteiger partial charge is 0.485 e. The number of ether oxygens (including phenoxy) is 1. The highest BCUT2D eigenvalue weighted by atomic mass is 16.5. The first-order valence-electron chi connectivity index (χ1n) is 20.8. The molecule has 0 N–H and O–H groups in total. The molecule has 2 aliphatic rings. The van der Waals surface area contributed by atoms with Gasteiger partial charge in [-0.05, 0) is 148 Å². The van der Waals surface area contributed by atoms with E-state index in [-0.39, 0.29) is 12.0 Å². The average Bonchev–Trinajstić information content (AvgIpc) is 3.85. The zero-order chi connectivity index (χ0) is 39.3. The quantitative estimate of drug-likeness (QED) is 0.178. The summed E-state index contributed by atoms with van der Waals surface area (Å²) in [5.41, 5.74) is 12.6. The number of rotatable bonds is 4. The van der Waals surface area contributed by atoms with Crippen molar-refractivity contribution in [3.05, 3.63) is 210 Å². The van der Waals surface area contributed by atoms with Gasteiger partial charge in [0.15, 0.2) is 0 Å². The van der Waals surface area contributed by atoms with Crippen molar-refractivity contribution >= 4 is 66.2 Å². The minimum atomic E-state index is -0.110. The predicted molar refractivity (Wildman–Crippen MR) is 250 cm³/mol. The van der Waals surface area contributed by atoms with Gasteiger partial charge in [0, 0.05) is 28.2 Å². The third-order valence-electron chi connectivity index (χ3n) is 12.9. The fourth-order valence-corrected chi connectivity index (χ4v) is 9.70. The van der Waals surface area contributed by atoms with E-state index < -0.39 is 0 Å². The van der Waals surface area contributed by atoms with Crippen molar-refractivity contribution in [3.63, 3.8) is 0 Å². The lowest BCUT2D eigenvalue weighted by Gasteiger charge is -2.14. The molecule has 0 fully saturated rings. The molecule has 11 aromatic rings. The van der Waals surface area contributed by atoms with Crippen molar-refractivity contribution in [3.8, 4) is 50.3 Å². The summed E-state index contributed by atoms with van der Waals surface area (Å²) in [6, 6.07) is 71.0. The first kappa shape index (κ1) is 33.3. The Hall–Kier alpha value is -7.68. The van der Waals surface area contributed by atoms with E-state index >= 15 is 0 Å². The molecule has 0 amide bonds. The van der Waals surface area contributed by atoms with E-state index in [1.807, 2.05) is 0 Å². The summed E-state index contributed by atoms with van der Waals surface area (Å²) in [5.74, 6) is 1.03. The molecule has 10 aromatic carbocycles. The van der Waals surface area contributed by atoms with Crippen LogP contribution in [0.25, 0.3) is 111 Å². The Morgan fingerprint density at radius 3 is 1.28 bits per heavy atom. The molecule has 0 bridgehead atoms. The summed E-state index contributed by atoms with van der Waals surface area (Å²) in [6.07, 6.45) is 4.44. The van der Waals surface area contributed by atoms with E-state index in [4.69, 9.17) is 9.15 Å². The zero-order valence-corrected chi connectivity index (χ0v) is 32.6. The van der Waals surface area contributed by atoms with E-state index in [1.165, 1.54) is 93.2 Å². The van der Waals surface area contributed by atoms with Gasteiger partial charge in [0.1, 0.15) is 22.9 Å². The van der Waals surface area contributed by atoms with E-state index in [0.717, 1.165) is 27.4 Å². The molecule has 0 saturated heterocycles. The van der Waals surface area contributed by atoms with Gasteiger partial charge in [-0.3, -0.25) is 0 Å². The number of hydrogen-bond acceptors (Lipinski definition) is 2. The second-order valence-electron chi connectivity index (χ2n) is 16.5. The molecule has 0 spiro atoms. The van der Waals surface area contributed by atoms with Crippen molar-refractivity contribution < 1.29 is 9.15 Å². The maximum atomic E-state index is 6.57. The van der Waals surface area contributed by atoms with Crippen LogP contribution in [-0.4, -0.2) is 6.10 Å². The first-order valence-corrected chi connectivity index (χ1v) is 20.8. The Kier molecular flexibility index (Phi) is 7.17. The second-order valence-corrected chi connectivity index (χ2v) is 16.5. The minimum absolute atomic E-state index is 0.0889. The van der Waals surface area contributed by atoms with Crippen molar-refractivity contribution in [1.29, 1.82) is 0 Å². The monoisotopic (exact) mass is 764 g/mol. The summed E-state index contributed by atoms with van der Waals surface area (Å²) >= 11 is 0. The third-order valence-corrected chi connectivity index (χ3v) is 12.9. The van der Waals surface area contributed by atoms with Crippen LogP contribution in [0.3, 0.4) is 0 Å². The lowest BCUT2D eigenvalue weighted by Crippen LogP contribution is -2.32. The molecule has 2 heterocycles. The summed E-state index contributed by atoms with van der Waals surface area (Å²) < 4.78 is 13.1. The fourth-order valence-electron chi connectivity index (χ4n) is 9.70. The summed E-state index contributed by atoms with van der Waals surface area (Å²) in [7, 11) is 0. The van der Waals surface area contributed by atoms with Crippen LogP contribution in [0.15, 0.2) is 199 Å². The van der Waals surface area contributed by atoms with E-state index in [2.05, 4.69) is 206 Å². The van der Waals surface area contributed by atoms with Crippen molar-refractivity contribution in [2.45, 2.75) is 12.0 Å². The molecule has 2 atom stereocenters. The lowest BCUT2D eigenvalue weighted by molar-refractivity contribution is 0.286. The molecule has 2 nitrogen and oxygen atoms in total. The highest BCUT2D eigenvalue weighted by Gasteiger charge is 2.34. The normalized spacial score (nSPS) is 15.4. The van der Waals surface area contributed by atoms with Gasteiger partial charge in [-0.25, -0.2) is 0 Å². The summed E-state index contributed by atoms with van der Waals surface area (Å²) in [4.78, 5) is 0. The van der Waals surface area contributed by atoms with E-state index in [0.29, 0.717) is 0 Å². The van der Waals surface area contributed by atoms with Crippen LogP contribution in [0.5, 0.6) is 5.75 Å². The van der Waals surface area contributed by atoms with Crippen LogP contribution < -0.4 is 15.4 Å². The van der Waals surface area contributed by atoms with Crippen LogP contribution >= 0.6 is 0 Å². The molecule has 13 rings (SSSR count). The molecular formula is C58H36O2. The molecule has 0 saturated carbocycles. The zero-order valence-electron chi connectivity index (χ0n) is 32.6. The number of hydrogen-bond donors (Lipinski definition) is 0. The Morgan fingerprint density at radius 2 is 0.750 bits per heavy atom. The SMILES string of the molecule is C1=c2oc3ccc(-c4ccc5ccc(-c6ccc7ccccc7c6)cc5c4)cc3c2=CC2c3cc(-c4ccc5ccc(-c6ccc7ccccc7c6)cc5c4)ccc3OC12. The molecule has 280 valence electrons. The molecule has 2 unspecified atom stereocenters. The predicted octanol–water partition coefficient (Wildman–Crippen LogP) is 13.8. The van der Waals surface area contributed by atoms with Gasteiger partial charge < -0.3 is 9.15 Å². The van der Waals surface area contributed by atoms with Gasteiger partial charge in [0.25, 0.3) is 0 Å². The molecule has 1 aliphatic carbocycles. The van der Waals surface area contributed by atoms with Crippen molar-refractivity contribution in [2.24, 2.45) is 0 Å². The van der Waals surface area contributed by atoms with Crippen LogP contribution in [0, 0.1) is 0 Å². The first-order chi connectivity index (χ1) is 29.6.